The Morgan fingerprint density at radius 2 is 1.50 bits per heavy atom. The molecule has 0 aromatic heterocycles. The van der Waals surface area contributed by atoms with Gasteiger partial charge in [-0.25, -0.2) is 12.7 Å². The van der Waals surface area contributed by atoms with Crippen LogP contribution in [-0.4, -0.2) is 14.3 Å². The lowest BCUT2D eigenvalue weighted by Crippen LogP contribution is -2.36. The first-order valence-corrected chi connectivity index (χ1v) is 8.69. The Kier molecular flexibility index (Phi) is 5.33. The minimum Gasteiger partial charge on any atom is -0.273 e. The molecule has 0 unspecified atom stereocenters. The van der Waals surface area contributed by atoms with E-state index in [-0.39, 0.29) is 11.3 Å². The van der Waals surface area contributed by atoms with E-state index in [1.54, 1.807) is 48.5 Å². The maximum atomic E-state index is 12.8. The molecule has 0 atom stereocenters. The van der Waals surface area contributed by atoms with Crippen molar-refractivity contribution < 1.29 is 13.2 Å². The summed E-state index contributed by atoms with van der Waals surface area (Å²) >= 11 is 0. The van der Waals surface area contributed by atoms with Crippen molar-refractivity contribution in [3.63, 3.8) is 0 Å². The van der Waals surface area contributed by atoms with Gasteiger partial charge in [-0.05, 0) is 30.7 Å². The second-order valence-electron chi connectivity index (χ2n) is 4.92. The van der Waals surface area contributed by atoms with Crippen molar-refractivity contribution in [3.05, 3.63) is 60.7 Å². The zero-order valence-electron chi connectivity index (χ0n) is 12.5. The Morgan fingerprint density at radius 1 is 0.955 bits per heavy atom. The summed E-state index contributed by atoms with van der Waals surface area (Å²) in [6, 6.07) is 16.5. The van der Waals surface area contributed by atoms with Gasteiger partial charge in [0.25, 0.3) is 10.0 Å². The molecule has 0 radical (unpaired) electrons. The molecular weight excluding hydrogens is 298 g/mol. The molecule has 0 aliphatic carbocycles. The van der Waals surface area contributed by atoms with Crippen molar-refractivity contribution in [2.24, 2.45) is 0 Å². The summed E-state index contributed by atoms with van der Waals surface area (Å²) in [5.74, 6) is -0.406. The van der Waals surface area contributed by atoms with Crippen LogP contribution in [0.4, 0.5) is 5.69 Å². The molecule has 5 heteroatoms. The third-order valence-corrected chi connectivity index (χ3v) is 5.01. The summed E-state index contributed by atoms with van der Waals surface area (Å²) in [4.78, 5) is 12.6. The van der Waals surface area contributed by atoms with Gasteiger partial charge < -0.3 is 0 Å². The van der Waals surface area contributed by atoms with Crippen molar-refractivity contribution in [2.45, 2.75) is 31.1 Å². The van der Waals surface area contributed by atoms with Crippen LogP contribution in [0, 0.1) is 0 Å². The second-order valence-corrected chi connectivity index (χ2v) is 6.70. The van der Waals surface area contributed by atoms with E-state index in [1.807, 2.05) is 6.92 Å². The quantitative estimate of drug-likeness (QED) is 0.818. The molecule has 0 saturated heterocycles. The summed E-state index contributed by atoms with van der Waals surface area (Å²) in [5.41, 5.74) is 0.368. The Hall–Kier alpha value is -2.14. The van der Waals surface area contributed by atoms with Gasteiger partial charge in [0, 0.05) is 6.42 Å². The molecule has 0 heterocycles. The van der Waals surface area contributed by atoms with Gasteiger partial charge in [0.15, 0.2) is 0 Å². The van der Waals surface area contributed by atoms with E-state index in [9.17, 15) is 13.2 Å². The predicted molar refractivity (Wildman–Crippen MR) is 87.1 cm³/mol. The second kappa shape index (κ2) is 7.22. The zero-order valence-corrected chi connectivity index (χ0v) is 13.3. The van der Waals surface area contributed by atoms with Gasteiger partial charge in [-0.15, -0.1) is 0 Å². The van der Waals surface area contributed by atoms with Crippen LogP contribution in [0.3, 0.4) is 0 Å². The van der Waals surface area contributed by atoms with Crippen LogP contribution >= 0.6 is 0 Å². The molecule has 0 N–H and O–H groups in total. The van der Waals surface area contributed by atoms with Crippen LogP contribution in [0.2, 0.25) is 0 Å². The lowest BCUT2D eigenvalue weighted by Gasteiger charge is -2.22. The summed E-state index contributed by atoms with van der Waals surface area (Å²) in [5, 5.41) is 0. The van der Waals surface area contributed by atoms with Crippen molar-refractivity contribution >= 4 is 21.6 Å². The normalized spacial score (nSPS) is 11.1. The number of anilines is 1. The lowest BCUT2D eigenvalue weighted by molar-refractivity contribution is -0.117. The summed E-state index contributed by atoms with van der Waals surface area (Å²) < 4.78 is 26.6. The number of hydrogen-bond acceptors (Lipinski definition) is 3. The highest BCUT2D eigenvalue weighted by Gasteiger charge is 2.30. The zero-order chi connectivity index (χ0) is 16.0. The number of rotatable bonds is 6. The fourth-order valence-electron chi connectivity index (χ4n) is 2.11. The largest absolute Gasteiger partial charge is 0.273 e. The van der Waals surface area contributed by atoms with Crippen LogP contribution in [0.25, 0.3) is 0 Å². The molecule has 4 nitrogen and oxygen atoms in total. The third-order valence-electron chi connectivity index (χ3n) is 3.24. The molecule has 2 rings (SSSR count). The maximum Gasteiger partial charge on any atom is 0.270 e. The number of carbonyl (C=O) groups is 1. The smallest absolute Gasteiger partial charge is 0.270 e. The number of sulfonamides is 1. The molecule has 0 spiro atoms. The number of unbranched alkanes of at least 4 members (excludes halogenated alkanes) is 1. The standard InChI is InChI=1S/C17H19NO3S/c1-2-3-14-17(19)18(15-10-6-4-7-11-15)22(20,21)16-12-8-5-9-13-16/h4-13H,2-3,14H2,1H3. The summed E-state index contributed by atoms with van der Waals surface area (Å²) in [6.45, 7) is 1.96. The predicted octanol–water partition coefficient (Wildman–Crippen LogP) is 3.60. The summed E-state index contributed by atoms with van der Waals surface area (Å²) in [7, 11) is -3.90. The number of amides is 1. The molecule has 0 fully saturated rings. The molecule has 0 aliphatic rings. The van der Waals surface area contributed by atoms with Gasteiger partial charge in [-0.2, -0.15) is 0 Å². The Labute approximate surface area is 131 Å². The number of hydrogen-bond donors (Lipinski definition) is 0. The van der Waals surface area contributed by atoms with E-state index in [4.69, 9.17) is 0 Å². The molecule has 0 bridgehead atoms. The van der Waals surface area contributed by atoms with E-state index in [0.717, 1.165) is 10.7 Å². The number of nitrogens with zero attached hydrogens (tertiary/aromatic N) is 1. The molecule has 2 aromatic rings. The topological polar surface area (TPSA) is 54.5 Å². The first-order chi connectivity index (χ1) is 10.6. The lowest BCUT2D eigenvalue weighted by atomic mass is 10.2. The van der Waals surface area contributed by atoms with Crippen LogP contribution in [0.1, 0.15) is 26.2 Å². The fourth-order valence-corrected chi connectivity index (χ4v) is 3.58. The highest BCUT2D eigenvalue weighted by Crippen LogP contribution is 2.24. The molecule has 0 saturated carbocycles. The Balaban J connectivity index is 2.47. The number of para-hydroxylation sites is 1. The summed E-state index contributed by atoms with van der Waals surface area (Å²) in [6.07, 6.45) is 1.70. The van der Waals surface area contributed by atoms with Crippen molar-refractivity contribution in [2.75, 3.05) is 4.31 Å². The van der Waals surface area contributed by atoms with Crippen LogP contribution in [-0.2, 0) is 14.8 Å². The van der Waals surface area contributed by atoms with E-state index >= 15 is 0 Å². The van der Waals surface area contributed by atoms with Crippen LogP contribution < -0.4 is 4.31 Å². The van der Waals surface area contributed by atoms with Crippen LogP contribution in [0.15, 0.2) is 65.6 Å². The highest BCUT2D eigenvalue weighted by atomic mass is 32.2. The average molecular weight is 317 g/mol. The van der Waals surface area contributed by atoms with E-state index < -0.39 is 15.9 Å². The Bertz CT molecular complexity index is 712. The minimum absolute atomic E-state index is 0.115. The molecular formula is C17H19NO3S. The van der Waals surface area contributed by atoms with E-state index in [1.165, 1.54) is 12.1 Å². The molecule has 116 valence electrons. The SMILES string of the molecule is CCCCC(=O)N(c1ccccc1)S(=O)(=O)c1ccccc1. The van der Waals surface area contributed by atoms with Crippen LogP contribution in [0.5, 0.6) is 0 Å². The highest BCUT2D eigenvalue weighted by molar-refractivity contribution is 7.93. The number of carbonyl (C=O) groups excluding carboxylic acids is 1. The van der Waals surface area contributed by atoms with Gasteiger partial charge in [-0.3, -0.25) is 4.79 Å². The molecule has 22 heavy (non-hydrogen) atoms. The van der Waals surface area contributed by atoms with Crippen molar-refractivity contribution in [3.8, 4) is 0 Å². The van der Waals surface area contributed by atoms with Gasteiger partial charge in [0.2, 0.25) is 5.91 Å². The van der Waals surface area contributed by atoms with Gasteiger partial charge in [0.05, 0.1) is 10.6 Å². The van der Waals surface area contributed by atoms with Crippen molar-refractivity contribution in [1.29, 1.82) is 0 Å². The van der Waals surface area contributed by atoms with Gasteiger partial charge >= 0.3 is 0 Å². The molecule has 2 aromatic carbocycles. The monoisotopic (exact) mass is 317 g/mol. The van der Waals surface area contributed by atoms with E-state index in [2.05, 4.69) is 0 Å². The van der Waals surface area contributed by atoms with Crippen molar-refractivity contribution in [1.82, 2.24) is 0 Å². The fraction of sp³-hybridized carbons (Fsp3) is 0.235. The first-order valence-electron chi connectivity index (χ1n) is 7.25. The maximum absolute atomic E-state index is 12.8. The minimum atomic E-state index is -3.90. The molecule has 0 aliphatic heterocycles. The Morgan fingerprint density at radius 3 is 2.05 bits per heavy atom. The number of benzene rings is 2. The van der Waals surface area contributed by atoms with Gasteiger partial charge in [0.1, 0.15) is 0 Å². The van der Waals surface area contributed by atoms with E-state index in [0.29, 0.717) is 12.1 Å². The molecule has 1 amide bonds. The first kappa shape index (κ1) is 16.2. The van der Waals surface area contributed by atoms with Gasteiger partial charge in [-0.1, -0.05) is 49.7 Å². The third kappa shape index (κ3) is 3.54. The average Bonchev–Trinajstić information content (AvgIpc) is 2.54.